The molecule has 0 bridgehead atoms. The van der Waals surface area contributed by atoms with Gasteiger partial charge in [-0.3, -0.25) is 4.57 Å². The van der Waals surface area contributed by atoms with Crippen LogP contribution in [0.4, 0.5) is 5.69 Å². The maximum Gasteiger partial charge on any atom is 0.326 e. The van der Waals surface area contributed by atoms with Crippen LogP contribution >= 0.6 is 0 Å². The van der Waals surface area contributed by atoms with Gasteiger partial charge in [-0.1, -0.05) is 0 Å². The highest BCUT2D eigenvalue weighted by molar-refractivity contribution is 5.78. The molecule has 0 aliphatic rings. The maximum absolute atomic E-state index is 11.7. The lowest BCUT2D eigenvalue weighted by molar-refractivity contribution is 0.190. The molecule has 1 aromatic carbocycles. The van der Waals surface area contributed by atoms with Gasteiger partial charge in [-0.05, 0) is 24.6 Å². The molecule has 5 heteroatoms. The average Bonchev–Trinajstić information content (AvgIpc) is 2.56. The molecule has 0 saturated carbocycles. The molecule has 0 radical (unpaired) electrons. The average molecular weight is 221 g/mol. The van der Waals surface area contributed by atoms with E-state index in [-0.39, 0.29) is 5.69 Å². The molecule has 5 nitrogen and oxygen atoms in total. The number of methoxy groups -OCH3 is 1. The number of hydrogen-bond donors (Lipinski definition) is 2. The van der Waals surface area contributed by atoms with Gasteiger partial charge in [-0.2, -0.15) is 0 Å². The minimum atomic E-state index is -0.100. The van der Waals surface area contributed by atoms with Crippen LogP contribution < -0.4 is 11.4 Å². The molecule has 3 N–H and O–H groups in total. The molecule has 0 atom stereocenters. The summed E-state index contributed by atoms with van der Waals surface area (Å²) in [5.74, 6) is 0. The van der Waals surface area contributed by atoms with Crippen molar-refractivity contribution in [2.45, 2.75) is 13.0 Å². The Balaban J connectivity index is 2.38. The largest absolute Gasteiger partial charge is 0.399 e. The van der Waals surface area contributed by atoms with Crippen LogP contribution in [0.15, 0.2) is 23.0 Å². The molecule has 16 heavy (non-hydrogen) atoms. The minimum Gasteiger partial charge on any atom is -0.399 e. The molecule has 86 valence electrons. The molecule has 0 aliphatic carbocycles. The van der Waals surface area contributed by atoms with Gasteiger partial charge >= 0.3 is 5.69 Å². The normalized spacial score (nSPS) is 11.1. The fraction of sp³-hybridized carbons (Fsp3) is 0.364. The number of benzene rings is 1. The molecule has 0 unspecified atom stereocenters. The van der Waals surface area contributed by atoms with Gasteiger partial charge < -0.3 is 15.5 Å². The number of nitrogens with zero attached hydrogens (tertiary/aromatic N) is 1. The van der Waals surface area contributed by atoms with Crippen molar-refractivity contribution in [3.63, 3.8) is 0 Å². The van der Waals surface area contributed by atoms with Gasteiger partial charge in [0.1, 0.15) is 0 Å². The minimum absolute atomic E-state index is 0.100. The van der Waals surface area contributed by atoms with Crippen molar-refractivity contribution in [1.82, 2.24) is 9.55 Å². The lowest BCUT2D eigenvalue weighted by atomic mass is 10.3. The van der Waals surface area contributed by atoms with Gasteiger partial charge in [0.15, 0.2) is 0 Å². The Kier molecular flexibility index (Phi) is 2.96. The zero-order valence-corrected chi connectivity index (χ0v) is 9.19. The first-order chi connectivity index (χ1) is 7.72. The third kappa shape index (κ3) is 1.94. The first kappa shape index (κ1) is 10.8. The van der Waals surface area contributed by atoms with Crippen molar-refractivity contribution in [1.29, 1.82) is 0 Å². The molecule has 2 rings (SSSR count). The summed E-state index contributed by atoms with van der Waals surface area (Å²) in [5, 5.41) is 0. The number of rotatable bonds is 4. The first-order valence-corrected chi connectivity index (χ1v) is 5.19. The summed E-state index contributed by atoms with van der Waals surface area (Å²) in [4.78, 5) is 14.5. The Labute approximate surface area is 92.8 Å². The highest BCUT2D eigenvalue weighted by Crippen LogP contribution is 2.14. The number of aryl methyl sites for hydroxylation is 1. The Bertz CT molecular complexity index is 542. The van der Waals surface area contributed by atoms with Crippen molar-refractivity contribution in [3.8, 4) is 0 Å². The summed E-state index contributed by atoms with van der Waals surface area (Å²) < 4.78 is 6.65. The van der Waals surface area contributed by atoms with Crippen LogP contribution in [0.2, 0.25) is 0 Å². The van der Waals surface area contributed by atoms with E-state index in [0.29, 0.717) is 18.8 Å². The third-order valence-corrected chi connectivity index (χ3v) is 2.53. The zero-order valence-electron chi connectivity index (χ0n) is 9.19. The Morgan fingerprint density at radius 3 is 3.06 bits per heavy atom. The summed E-state index contributed by atoms with van der Waals surface area (Å²) in [6.45, 7) is 1.28. The summed E-state index contributed by atoms with van der Waals surface area (Å²) >= 11 is 0. The summed E-state index contributed by atoms with van der Waals surface area (Å²) in [7, 11) is 1.65. The van der Waals surface area contributed by atoms with E-state index in [0.717, 1.165) is 17.5 Å². The second kappa shape index (κ2) is 4.40. The van der Waals surface area contributed by atoms with E-state index in [4.69, 9.17) is 10.5 Å². The van der Waals surface area contributed by atoms with Crippen LogP contribution in [0, 0.1) is 0 Å². The Hall–Kier alpha value is -1.75. The predicted octanol–water partition coefficient (Wildman–Crippen LogP) is 0.948. The van der Waals surface area contributed by atoms with Crippen molar-refractivity contribution >= 4 is 16.7 Å². The van der Waals surface area contributed by atoms with Crippen molar-refractivity contribution < 1.29 is 4.74 Å². The molecule has 2 aromatic rings. The van der Waals surface area contributed by atoms with E-state index < -0.39 is 0 Å². The van der Waals surface area contributed by atoms with E-state index >= 15 is 0 Å². The number of nitrogens with one attached hydrogen (secondary N) is 1. The van der Waals surface area contributed by atoms with Crippen LogP contribution in [0.3, 0.4) is 0 Å². The highest BCUT2D eigenvalue weighted by atomic mass is 16.5. The number of fused-ring (bicyclic) bond motifs is 1. The molecule has 0 spiro atoms. The standard InChI is InChI=1S/C11H15N3O2/c1-16-6-2-5-14-10-7-8(12)3-4-9(10)13-11(14)15/h3-4,7H,2,5-6,12H2,1H3,(H,13,15). The van der Waals surface area contributed by atoms with Crippen LogP contribution in [0.1, 0.15) is 6.42 Å². The number of hydrogen-bond acceptors (Lipinski definition) is 3. The first-order valence-electron chi connectivity index (χ1n) is 5.19. The van der Waals surface area contributed by atoms with Gasteiger partial charge in [-0.15, -0.1) is 0 Å². The third-order valence-electron chi connectivity index (χ3n) is 2.53. The zero-order chi connectivity index (χ0) is 11.5. The van der Waals surface area contributed by atoms with Crippen molar-refractivity contribution in [2.24, 2.45) is 0 Å². The highest BCUT2D eigenvalue weighted by Gasteiger charge is 2.05. The van der Waals surface area contributed by atoms with E-state index in [1.807, 2.05) is 6.07 Å². The molecule has 0 aliphatic heterocycles. The van der Waals surface area contributed by atoms with Gasteiger partial charge in [0, 0.05) is 25.9 Å². The smallest absolute Gasteiger partial charge is 0.326 e. The van der Waals surface area contributed by atoms with E-state index in [2.05, 4.69) is 4.98 Å². The van der Waals surface area contributed by atoms with E-state index in [9.17, 15) is 4.79 Å². The van der Waals surface area contributed by atoms with Crippen LogP contribution in [-0.4, -0.2) is 23.3 Å². The molecular formula is C11H15N3O2. The summed E-state index contributed by atoms with van der Waals surface area (Å²) in [6.07, 6.45) is 0.804. The van der Waals surface area contributed by atoms with E-state index in [1.165, 1.54) is 0 Å². The number of nitrogens with two attached hydrogens (primary N) is 1. The molecule has 0 saturated heterocycles. The van der Waals surface area contributed by atoms with Crippen LogP contribution in [-0.2, 0) is 11.3 Å². The molecule has 0 amide bonds. The van der Waals surface area contributed by atoms with Crippen molar-refractivity contribution in [3.05, 3.63) is 28.7 Å². The molecule has 0 fully saturated rings. The number of H-pyrrole nitrogens is 1. The number of aromatic amines is 1. The fourth-order valence-electron chi connectivity index (χ4n) is 1.76. The lowest BCUT2D eigenvalue weighted by Crippen LogP contribution is -2.17. The van der Waals surface area contributed by atoms with Gasteiger partial charge in [0.05, 0.1) is 11.0 Å². The lowest BCUT2D eigenvalue weighted by Gasteiger charge is -2.03. The van der Waals surface area contributed by atoms with Crippen molar-refractivity contribution in [2.75, 3.05) is 19.5 Å². The van der Waals surface area contributed by atoms with Crippen LogP contribution in [0.5, 0.6) is 0 Å². The molecule has 1 aromatic heterocycles. The van der Waals surface area contributed by atoms with Crippen LogP contribution in [0.25, 0.3) is 11.0 Å². The molecule has 1 heterocycles. The maximum atomic E-state index is 11.7. The fourth-order valence-corrected chi connectivity index (χ4v) is 1.76. The predicted molar refractivity (Wildman–Crippen MR) is 63.5 cm³/mol. The number of anilines is 1. The van der Waals surface area contributed by atoms with Gasteiger partial charge in [0.2, 0.25) is 0 Å². The second-order valence-electron chi connectivity index (χ2n) is 3.70. The summed E-state index contributed by atoms with van der Waals surface area (Å²) in [5.41, 5.74) is 7.93. The van der Waals surface area contributed by atoms with Gasteiger partial charge in [0.25, 0.3) is 0 Å². The van der Waals surface area contributed by atoms with E-state index in [1.54, 1.807) is 23.8 Å². The number of imidazole rings is 1. The Morgan fingerprint density at radius 1 is 1.50 bits per heavy atom. The number of nitrogen functional groups attached to an aromatic ring is 1. The number of aromatic nitrogens is 2. The SMILES string of the molecule is COCCCn1c(=O)[nH]c2ccc(N)cc21. The quantitative estimate of drug-likeness (QED) is 0.596. The Morgan fingerprint density at radius 2 is 2.31 bits per heavy atom. The topological polar surface area (TPSA) is 73.0 Å². The monoisotopic (exact) mass is 221 g/mol. The second-order valence-corrected chi connectivity index (χ2v) is 3.70. The molecular weight excluding hydrogens is 206 g/mol. The summed E-state index contributed by atoms with van der Waals surface area (Å²) in [6, 6.07) is 5.40. The number of ether oxygens (including phenoxy) is 1. The van der Waals surface area contributed by atoms with Gasteiger partial charge in [-0.25, -0.2) is 4.79 Å².